The predicted octanol–water partition coefficient (Wildman–Crippen LogP) is 2.79. The lowest BCUT2D eigenvalue weighted by Gasteiger charge is -2.16. The van der Waals surface area contributed by atoms with Crippen LogP contribution in [-0.2, 0) is 16.0 Å². The molecule has 2 N–H and O–H groups in total. The minimum atomic E-state index is -0.159. The van der Waals surface area contributed by atoms with E-state index in [0.29, 0.717) is 25.0 Å². The summed E-state index contributed by atoms with van der Waals surface area (Å²) in [4.78, 5) is 4.09. The van der Waals surface area contributed by atoms with Crippen LogP contribution in [0.3, 0.4) is 0 Å². The Bertz CT molecular complexity index is 1510. The number of rotatable bonds is 8. The maximum absolute atomic E-state index is 6.22. The fourth-order valence-electron chi connectivity index (χ4n) is 5.34. The molecule has 196 valence electrons. The highest BCUT2D eigenvalue weighted by atomic mass is 16.6. The molecule has 7 rings (SSSR count). The van der Waals surface area contributed by atoms with Gasteiger partial charge >= 0.3 is 6.01 Å². The Morgan fingerprint density at radius 3 is 2.46 bits per heavy atom. The molecule has 39 heavy (non-hydrogen) atoms. The summed E-state index contributed by atoms with van der Waals surface area (Å²) in [5, 5.41) is 14.5. The van der Waals surface area contributed by atoms with E-state index in [0.717, 1.165) is 12.2 Å². The molecular weight excluding hydrogens is 494 g/mol. The molecule has 4 atom stereocenters. The van der Waals surface area contributed by atoms with Crippen molar-refractivity contribution < 1.29 is 19.5 Å². The number of ether oxygens (including phenoxy) is 3. The molecule has 0 amide bonds. The molecule has 10 nitrogen and oxygen atoms in total. The lowest BCUT2D eigenvalue weighted by Crippen LogP contribution is -2.91. The number of imidazole rings is 1. The zero-order valence-corrected chi connectivity index (χ0v) is 21.2. The van der Waals surface area contributed by atoms with E-state index in [1.807, 2.05) is 41.1 Å². The third-order valence-corrected chi connectivity index (χ3v) is 7.41. The third kappa shape index (κ3) is 4.81. The molecule has 3 aromatic carbocycles. The van der Waals surface area contributed by atoms with Gasteiger partial charge in [-0.25, -0.2) is 4.98 Å². The molecule has 0 bridgehead atoms. The Morgan fingerprint density at radius 2 is 1.67 bits per heavy atom. The Balaban J connectivity index is 0.978. The van der Waals surface area contributed by atoms with Crippen LogP contribution in [0.4, 0.5) is 0 Å². The van der Waals surface area contributed by atoms with E-state index >= 15 is 0 Å². The van der Waals surface area contributed by atoms with Crippen LogP contribution >= 0.6 is 0 Å². The largest absolute Gasteiger partial charge is 0.423 e. The lowest BCUT2D eigenvalue weighted by atomic mass is 10.0. The summed E-state index contributed by atoms with van der Waals surface area (Å²) >= 11 is 0. The van der Waals surface area contributed by atoms with Crippen LogP contribution in [0, 0.1) is 0 Å². The summed E-state index contributed by atoms with van der Waals surface area (Å²) in [5.41, 5.74) is 4.70. The van der Waals surface area contributed by atoms with Gasteiger partial charge < -0.3 is 24.1 Å². The average Bonchev–Trinajstić information content (AvgIpc) is 3.80. The van der Waals surface area contributed by atoms with E-state index in [1.165, 1.54) is 16.7 Å². The molecule has 5 aromatic rings. The molecule has 0 saturated carbocycles. The van der Waals surface area contributed by atoms with Crippen LogP contribution in [0.5, 0.6) is 11.8 Å². The van der Waals surface area contributed by atoms with Crippen molar-refractivity contribution in [1.82, 2.24) is 29.8 Å². The first-order valence-corrected chi connectivity index (χ1v) is 13.1. The zero-order chi connectivity index (χ0) is 26.0. The molecule has 0 aliphatic carbocycles. The highest BCUT2D eigenvalue weighted by molar-refractivity contribution is 5.63. The van der Waals surface area contributed by atoms with Gasteiger partial charge in [0.1, 0.15) is 43.2 Å². The Kier molecular flexibility index (Phi) is 6.33. The molecule has 0 unspecified atom stereocenters. The maximum Gasteiger partial charge on any atom is 0.341 e. The monoisotopic (exact) mass is 522 g/mol. The fourth-order valence-corrected chi connectivity index (χ4v) is 5.34. The van der Waals surface area contributed by atoms with Gasteiger partial charge in [0, 0.05) is 23.6 Å². The molecule has 2 fully saturated rings. The van der Waals surface area contributed by atoms with E-state index < -0.39 is 0 Å². The summed E-state index contributed by atoms with van der Waals surface area (Å²) in [7, 11) is 0. The van der Waals surface area contributed by atoms with Crippen LogP contribution in [0.15, 0.2) is 97.6 Å². The molecule has 10 heteroatoms. The predicted molar refractivity (Wildman–Crippen MR) is 141 cm³/mol. The normalized spacial score (nSPS) is 22.2. The van der Waals surface area contributed by atoms with Crippen LogP contribution < -0.4 is 10.1 Å². The Morgan fingerprint density at radius 1 is 0.872 bits per heavy atom. The van der Waals surface area contributed by atoms with E-state index in [2.05, 4.69) is 74.4 Å². The standard InChI is InChI=1S/C29H27N7O3/c1-2-4-21(5-3-1)22-8-6-20(7-9-22)16-31-25-17-37-28-26(18-38-27(25)28)36-29(32-33-34-36)39-24-12-10-23(11-13-24)35-15-14-30-19-35/h1-15,19,25-28,31H,16-18H2/p+1/t25-,26-,27+,28+/m0/s1. The topological polar surface area (TPSA) is 106 Å². The number of fused-ring (bicyclic) bond motifs is 1. The van der Waals surface area contributed by atoms with Crippen molar-refractivity contribution >= 4 is 0 Å². The van der Waals surface area contributed by atoms with Gasteiger partial charge in [0.15, 0.2) is 0 Å². The summed E-state index contributed by atoms with van der Waals surface area (Å²) in [6.07, 6.45) is 5.21. The van der Waals surface area contributed by atoms with Crippen molar-refractivity contribution in [2.24, 2.45) is 0 Å². The number of quaternary nitrogens is 1. The first-order chi connectivity index (χ1) is 19.3. The highest BCUT2D eigenvalue weighted by Crippen LogP contribution is 2.35. The Labute approximate surface area is 225 Å². The quantitative estimate of drug-likeness (QED) is 0.334. The van der Waals surface area contributed by atoms with Gasteiger partial charge in [0.05, 0.1) is 12.9 Å². The number of nitrogens with zero attached hydrogens (tertiary/aromatic N) is 6. The van der Waals surface area contributed by atoms with Gasteiger partial charge in [-0.3, -0.25) is 0 Å². The molecule has 2 aliphatic heterocycles. The highest BCUT2D eigenvalue weighted by Gasteiger charge is 2.51. The van der Waals surface area contributed by atoms with Crippen molar-refractivity contribution in [3.8, 4) is 28.6 Å². The van der Waals surface area contributed by atoms with Gasteiger partial charge in [0.2, 0.25) is 0 Å². The minimum Gasteiger partial charge on any atom is -0.423 e. The summed E-state index contributed by atoms with van der Waals surface area (Å²) in [6.45, 7) is 1.93. The molecular formula is C29H28N7O3+. The van der Waals surface area contributed by atoms with Crippen LogP contribution in [0.1, 0.15) is 11.6 Å². The van der Waals surface area contributed by atoms with Crippen molar-refractivity contribution in [3.05, 3.63) is 103 Å². The van der Waals surface area contributed by atoms with Gasteiger partial charge in [-0.05, 0) is 45.8 Å². The molecule has 0 radical (unpaired) electrons. The van der Waals surface area contributed by atoms with Crippen molar-refractivity contribution in [2.75, 3.05) is 13.2 Å². The van der Waals surface area contributed by atoms with Crippen molar-refractivity contribution in [2.45, 2.75) is 30.8 Å². The molecule has 0 spiro atoms. The maximum atomic E-state index is 6.22. The van der Waals surface area contributed by atoms with Gasteiger partial charge in [0.25, 0.3) is 0 Å². The average molecular weight is 523 g/mol. The van der Waals surface area contributed by atoms with E-state index in [1.54, 1.807) is 17.2 Å². The van der Waals surface area contributed by atoms with Crippen LogP contribution in [0.2, 0.25) is 0 Å². The second-order valence-electron chi connectivity index (χ2n) is 9.80. The number of benzene rings is 3. The SMILES string of the molecule is c1ccc(-c2ccc(C[NH2+][C@H]3CO[C@H]4[C@@H]3OC[C@@H]4n3nnnc3Oc3ccc(-n4ccnc4)cc3)cc2)cc1. The molecule has 2 aromatic heterocycles. The van der Waals surface area contributed by atoms with Crippen LogP contribution in [-0.4, -0.2) is 61.2 Å². The number of nitrogens with two attached hydrogens (primary N) is 1. The number of hydrogen-bond donors (Lipinski definition) is 1. The van der Waals surface area contributed by atoms with Gasteiger partial charge in [-0.2, -0.15) is 4.68 Å². The number of hydrogen-bond acceptors (Lipinski definition) is 7. The van der Waals surface area contributed by atoms with E-state index in [-0.39, 0.29) is 24.3 Å². The first-order valence-electron chi connectivity index (χ1n) is 13.1. The Hall–Kier alpha value is -4.38. The van der Waals surface area contributed by atoms with Crippen LogP contribution in [0.25, 0.3) is 16.8 Å². The molecule has 4 heterocycles. The van der Waals surface area contributed by atoms with Gasteiger partial charge in [-0.1, -0.05) is 59.7 Å². The number of tetrazole rings is 1. The van der Waals surface area contributed by atoms with Crippen molar-refractivity contribution in [1.29, 1.82) is 0 Å². The molecule has 2 saturated heterocycles. The van der Waals surface area contributed by atoms with Gasteiger partial charge in [-0.15, -0.1) is 0 Å². The number of aromatic nitrogens is 6. The smallest absolute Gasteiger partial charge is 0.341 e. The minimum absolute atomic E-state index is 0.0369. The van der Waals surface area contributed by atoms with E-state index in [9.17, 15) is 0 Å². The van der Waals surface area contributed by atoms with Crippen molar-refractivity contribution in [3.63, 3.8) is 0 Å². The fraction of sp³-hybridized carbons (Fsp3) is 0.241. The summed E-state index contributed by atoms with van der Waals surface area (Å²) < 4.78 is 22.1. The van der Waals surface area contributed by atoms with E-state index in [4.69, 9.17) is 14.2 Å². The molecule has 2 aliphatic rings. The second kappa shape index (κ2) is 10.4. The summed E-state index contributed by atoms with van der Waals surface area (Å²) in [5.74, 6) is 0.641. The second-order valence-corrected chi connectivity index (χ2v) is 9.80. The summed E-state index contributed by atoms with van der Waals surface area (Å²) in [6, 6.07) is 27.2. The first kappa shape index (κ1) is 23.7. The zero-order valence-electron chi connectivity index (χ0n) is 21.2. The third-order valence-electron chi connectivity index (χ3n) is 7.41. The lowest BCUT2D eigenvalue weighted by molar-refractivity contribution is -0.707.